The number of hydrogen-bond acceptors (Lipinski definition) is 6. The highest BCUT2D eigenvalue weighted by Crippen LogP contribution is 2.26. The molecule has 0 amide bonds. The van der Waals surface area contributed by atoms with Crippen LogP contribution in [-0.2, 0) is 20.5 Å². The van der Waals surface area contributed by atoms with Gasteiger partial charge in [-0.15, -0.1) is 12.4 Å². The molecule has 9 heteroatoms. The first-order valence-corrected chi connectivity index (χ1v) is 9.21. The van der Waals surface area contributed by atoms with E-state index in [1.165, 1.54) is 4.31 Å². The molecular formula is C15H22ClN3O4S. The lowest BCUT2D eigenvalue weighted by atomic mass is 10.0. The number of para-hydroxylation sites is 1. The van der Waals surface area contributed by atoms with Gasteiger partial charge in [-0.3, -0.25) is 0 Å². The Morgan fingerprint density at radius 1 is 1.42 bits per heavy atom. The Morgan fingerprint density at radius 3 is 2.88 bits per heavy atom. The molecule has 3 rings (SSSR count). The van der Waals surface area contributed by atoms with Gasteiger partial charge < -0.3 is 15.0 Å². The summed E-state index contributed by atoms with van der Waals surface area (Å²) in [5, 5.41) is 4.65. The van der Waals surface area contributed by atoms with Gasteiger partial charge in [0.05, 0.1) is 6.10 Å². The monoisotopic (exact) mass is 375 g/mol. The van der Waals surface area contributed by atoms with Crippen LogP contribution < -0.4 is 5.73 Å². The van der Waals surface area contributed by atoms with E-state index in [4.69, 9.17) is 15.0 Å². The summed E-state index contributed by atoms with van der Waals surface area (Å²) < 4.78 is 37.6. The Labute approximate surface area is 147 Å². The third kappa shape index (κ3) is 3.73. The van der Waals surface area contributed by atoms with Gasteiger partial charge in [0.1, 0.15) is 11.4 Å². The van der Waals surface area contributed by atoms with E-state index in [1.807, 2.05) is 18.2 Å². The molecule has 2 aromatic rings. The maximum absolute atomic E-state index is 12.8. The smallest absolute Gasteiger partial charge is 0.220 e. The molecule has 0 radical (unpaired) electrons. The molecule has 2 atom stereocenters. The van der Waals surface area contributed by atoms with E-state index in [0.29, 0.717) is 30.7 Å². The van der Waals surface area contributed by atoms with Crippen molar-refractivity contribution in [1.82, 2.24) is 9.46 Å². The number of hydrogen-bond donors (Lipinski definition) is 1. The summed E-state index contributed by atoms with van der Waals surface area (Å²) in [6.07, 6.45) is 1.35. The minimum Gasteiger partial charge on any atom is -0.381 e. The van der Waals surface area contributed by atoms with Crippen LogP contribution in [0.3, 0.4) is 0 Å². The molecule has 2 unspecified atom stereocenters. The fourth-order valence-corrected chi connectivity index (χ4v) is 4.81. The lowest BCUT2D eigenvalue weighted by Gasteiger charge is -2.37. The molecule has 1 aliphatic rings. The Bertz CT molecular complexity index is 780. The number of benzene rings is 1. The maximum Gasteiger partial charge on any atom is 0.220 e. The van der Waals surface area contributed by atoms with E-state index in [1.54, 1.807) is 13.2 Å². The lowest BCUT2D eigenvalue weighted by Crippen LogP contribution is -2.51. The SMILES string of the molecule is COC1CCN(S(=O)(=O)Cc2noc3ccccc23)C(CN)C1.Cl. The van der Waals surface area contributed by atoms with Crippen molar-refractivity contribution in [3.63, 3.8) is 0 Å². The summed E-state index contributed by atoms with van der Waals surface area (Å²) in [5.41, 5.74) is 6.80. The quantitative estimate of drug-likeness (QED) is 0.850. The molecule has 7 nitrogen and oxygen atoms in total. The largest absolute Gasteiger partial charge is 0.381 e. The molecule has 2 N–H and O–H groups in total. The average Bonchev–Trinajstić information content (AvgIpc) is 2.96. The third-order valence-corrected chi connectivity index (χ3v) is 6.18. The summed E-state index contributed by atoms with van der Waals surface area (Å²) in [6.45, 7) is 0.692. The average molecular weight is 376 g/mol. The lowest BCUT2D eigenvalue weighted by molar-refractivity contribution is 0.0401. The number of methoxy groups -OCH3 is 1. The van der Waals surface area contributed by atoms with Crippen LogP contribution in [0.1, 0.15) is 18.5 Å². The zero-order valence-corrected chi connectivity index (χ0v) is 15.1. The number of fused-ring (bicyclic) bond motifs is 1. The van der Waals surface area contributed by atoms with Crippen molar-refractivity contribution in [3.8, 4) is 0 Å². The highest BCUT2D eigenvalue weighted by molar-refractivity contribution is 7.88. The van der Waals surface area contributed by atoms with Crippen LogP contribution in [0.25, 0.3) is 11.0 Å². The normalized spacial score (nSPS) is 22.4. The van der Waals surface area contributed by atoms with Crippen LogP contribution in [0.2, 0.25) is 0 Å². The van der Waals surface area contributed by atoms with Gasteiger partial charge in [0.2, 0.25) is 10.0 Å². The predicted octanol–water partition coefficient (Wildman–Crippen LogP) is 1.52. The fourth-order valence-electron chi connectivity index (χ4n) is 3.08. The first kappa shape index (κ1) is 19.1. The molecule has 0 aliphatic carbocycles. The Kier molecular flexibility index (Phi) is 6.22. The summed E-state index contributed by atoms with van der Waals surface area (Å²) in [6, 6.07) is 7.00. The van der Waals surface area contributed by atoms with E-state index < -0.39 is 10.0 Å². The molecule has 1 aliphatic heterocycles. The zero-order chi connectivity index (χ0) is 16.4. The van der Waals surface area contributed by atoms with Crippen LogP contribution in [0.4, 0.5) is 0 Å². The third-order valence-electron chi connectivity index (χ3n) is 4.35. The van der Waals surface area contributed by atoms with E-state index in [2.05, 4.69) is 5.16 Å². The van der Waals surface area contributed by atoms with Gasteiger partial charge in [0, 0.05) is 31.6 Å². The number of ether oxygens (including phenoxy) is 1. The van der Waals surface area contributed by atoms with Crippen LogP contribution >= 0.6 is 12.4 Å². The molecule has 0 spiro atoms. The summed E-state index contributed by atoms with van der Waals surface area (Å²) >= 11 is 0. The van der Waals surface area contributed by atoms with Crippen molar-refractivity contribution in [2.24, 2.45) is 5.73 Å². The van der Waals surface area contributed by atoms with E-state index in [9.17, 15) is 8.42 Å². The molecule has 0 bridgehead atoms. The predicted molar refractivity (Wildman–Crippen MR) is 93.5 cm³/mol. The number of nitrogens with two attached hydrogens (primary N) is 1. The van der Waals surface area contributed by atoms with Crippen molar-refractivity contribution < 1.29 is 17.7 Å². The fraction of sp³-hybridized carbons (Fsp3) is 0.533. The number of sulfonamides is 1. The molecule has 2 heterocycles. The van der Waals surface area contributed by atoms with E-state index in [0.717, 1.165) is 5.39 Å². The van der Waals surface area contributed by atoms with Crippen molar-refractivity contribution in [2.75, 3.05) is 20.2 Å². The molecule has 1 saturated heterocycles. The number of nitrogens with zero attached hydrogens (tertiary/aromatic N) is 2. The number of rotatable bonds is 5. The maximum atomic E-state index is 12.8. The molecule has 0 saturated carbocycles. The van der Waals surface area contributed by atoms with Crippen molar-refractivity contribution >= 4 is 33.4 Å². The molecule has 24 heavy (non-hydrogen) atoms. The van der Waals surface area contributed by atoms with Gasteiger partial charge >= 0.3 is 0 Å². The van der Waals surface area contributed by atoms with Crippen LogP contribution in [0, 0.1) is 0 Å². The summed E-state index contributed by atoms with van der Waals surface area (Å²) in [7, 11) is -1.87. The second kappa shape index (κ2) is 7.79. The highest BCUT2D eigenvalue weighted by Gasteiger charge is 2.36. The standard InChI is InChI=1S/C15H21N3O4S.ClH/c1-21-12-6-7-18(11(8-12)9-16)23(19,20)10-14-13-4-2-3-5-15(13)22-17-14;/h2-5,11-12H,6-10,16H2,1H3;1H. The van der Waals surface area contributed by atoms with Crippen molar-refractivity contribution in [3.05, 3.63) is 30.0 Å². The zero-order valence-electron chi connectivity index (χ0n) is 13.4. The van der Waals surface area contributed by atoms with E-state index >= 15 is 0 Å². The Hall–Kier alpha value is -1.19. The van der Waals surface area contributed by atoms with Crippen molar-refractivity contribution in [1.29, 1.82) is 0 Å². The second-order valence-corrected chi connectivity index (χ2v) is 7.69. The minimum absolute atomic E-state index is 0. The van der Waals surface area contributed by atoms with Crippen molar-refractivity contribution in [2.45, 2.75) is 30.7 Å². The van der Waals surface area contributed by atoms with Gasteiger partial charge in [-0.25, -0.2) is 8.42 Å². The van der Waals surface area contributed by atoms with Gasteiger partial charge in [-0.1, -0.05) is 17.3 Å². The first-order valence-electron chi connectivity index (χ1n) is 7.61. The van der Waals surface area contributed by atoms with Crippen LogP contribution in [0.5, 0.6) is 0 Å². The minimum atomic E-state index is -3.52. The summed E-state index contributed by atoms with van der Waals surface area (Å²) in [5.74, 6) is -0.182. The number of aromatic nitrogens is 1. The second-order valence-electron chi connectivity index (χ2n) is 5.76. The topological polar surface area (TPSA) is 98.7 Å². The molecule has 1 aromatic carbocycles. The van der Waals surface area contributed by atoms with Gasteiger partial charge in [-0.05, 0) is 25.0 Å². The molecule has 1 fully saturated rings. The van der Waals surface area contributed by atoms with E-state index in [-0.39, 0.29) is 36.9 Å². The van der Waals surface area contributed by atoms with Crippen LogP contribution in [0.15, 0.2) is 28.8 Å². The van der Waals surface area contributed by atoms with Gasteiger partial charge in [-0.2, -0.15) is 4.31 Å². The first-order chi connectivity index (χ1) is 11.0. The number of piperidine rings is 1. The van der Waals surface area contributed by atoms with Gasteiger partial charge in [0.15, 0.2) is 5.58 Å². The number of halogens is 1. The molecular weight excluding hydrogens is 354 g/mol. The van der Waals surface area contributed by atoms with Gasteiger partial charge in [0.25, 0.3) is 0 Å². The molecule has 1 aromatic heterocycles. The molecule has 134 valence electrons. The Morgan fingerprint density at radius 2 is 2.17 bits per heavy atom. The Balaban J connectivity index is 0.00000208. The summed E-state index contributed by atoms with van der Waals surface area (Å²) in [4.78, 5) is 0. The van der Waals surface area contributed by atoms with Crippen LogP contribution in [-0.4, -0.2) is 50.2 Å². The highest BCUT2D eigenvalue weighted by atomic mass is 35.5.